The molecule has 6 heteroatoms. The Hall–Kier alpha value is -3.64. The smallest absolute Gasteiger partial charge is 0.319 e. The second-order valence-corrected chi connectivity index (χ2v) is 9.69. The fraction of sp³-hybridized carbons (Fsp3) is 0.258. The Bertz CT molecular complexity index is 1270. The SMILES string of the molecule is C=C1C2=C(CCN(Cc3ccc(CC(F)(F)F)cc3)C2)N=C(C)N1C(c1ccccc1)c1ccccc1. The topological polar surface area (TPSA) is 18.8 Å². The largest absolute Gasteiger partial charge is 0.393 e. The standard InChI is InChI=1S/C31H30F3N3/c1-22-28-21-36(20-25-15-13-24(14-16-25)19-31(32,33)34)18-17-29(28)35-23(2)37(22)30(26-9-5-3-6-10-26)27-11-7-4-8-12-27/h3-16,30H,1,17-21H2,2H3. The molecule has 2 aliphatic heterocycles. The molecule has 3 aromatic carbocycles. The van der Waals surface area contributed by atoms with E-state index >= 15 is 0 Å². The fourth-order valence-electron chi connectivity index (χ4n) is 5.27. The number of benzene rings is 3. The van der Waals surface area contributed by atoms with Gasteiger partial charge in [-0.05, 0) is 29.2 Å². The minimum absolute atomic E-state index is 0.0516. The molecule has 0 N–H and O–H groups in total. The molecule has 2 aliphatic rings. The van der Waals surface area contributed by atoms with Gasteiger partial charge in [0.15, 0.2) is 0 Å². The molecule has 2 heterocycles. The number of halogens is 3. The molecule has 5 rings (SSSR count). The summed E-state index contributed by atoms with van der Waals surface area (Å²) < 4.78 is 38.1. The first-order chi connectivity index (χ1) is 17.8. The van der Waals surface area contributed by atoms with Crippen molar-refractivity contribution >= 4 is 5.84 Å². The van der Waals surface area contributed by atoms with Gasteiger partial charge in [-0.2, -0.15) is 13.2 Å². The highest BCUT2D eigenvalue weighted by molar-refractivity contribution is 5.86. The Morgan fingerprint density at radius 3 is 2.00 bits per heavy atom. The lowest BCUT2D eigenvalue weighted by atomic mass is 9.93. The van der Waals surface area contributed by atoms with Crippen LogP contribution in [0.1, 0.15) is 41.6 Å². The molecule has 37 heavy (non-hydrogen) atoms. The van der Waals surface area contributed by atoms with Crippen molar-refractivity contribution in [1.82, 2.24) is 9.80 Å². The molecule has 0 spiro atoms. The van der Waals surface area contributed by atoms with Crippen LogP contribution in [0.2, 0.25) is 0 Å². The minimum atomic E-state index is -4.19. The lowest BCUT2D eigenvalue weighted by Gasteiger charge is -2.42. The summed E-state index contributed by atoms with van der Waals surface area (Å²) in [6, 6.07) is 27.5. The number of aliphatic imine (C=N–C) groups is 1. The van der Waals surface area contributed by atoms with Crippen LogP contribution < -0.4 is 0 Å². The van der Waals surface area contributed by atoms with Gasteiger partial charge < -0.3 is 4.90 Å². The van der Waals surface area contributed by atoms with Crippen molar-refractivity contribution in [3.05, 3.63) is 131 Å². The van der Waals surface area contributed by atoms with Crippen molar-refractivity contribution in [3.8, 4) is 0 Å². The maximum atomic E-state index is 12.7. The van der Waals surface area contributed by atoms with Crippen molar-refractivity contribution in [2.45, 2.75) is 38.5 Å². The molecule has 0 bridgehead atoms. The van der Waals surface area contributed by atoms with Crippen LogP contribution in [-0.4, -0.2) is 34.9 Å². The average molecular weight is 502 g/mol. The Morgan fingerprint density at radius 1 is 0.865 bits per heavy atom. The molecule has 0 aromatic heterocycles. The van der Waals surface area contributed by atoms with E-state index in [0.29, 0.717) is 13.1 Å². The van der Waals surface area contributed by atoms with Crippen molar-refractivity contribution in [2.24, 2.45) is 4.99 Å². The molecule has 3 aromatic rings. The Labute approximate surface area is 216 Å². The quantitative estimate of drug-likeness (QED) is 0.353. The van der Waals surface area contributed by atoms with Gasteiger partial charge in [-0.3, -0.25) is 4.90 Å². The molecule has 0 amide bonds. The predicted molar refractivity (Wildman–Crippen MR) is 142 cm³/mol. The Kier molecular flexibility index (Phi) is 7.02. The number of nitrogens with zero attached hydrogens (tertiary/aromatic N) is 3. The van der Waals surface area contributed by atoms with E-state index in [0.717, 1.165) is 41.3 Å². The third-order valence-electron chi connectivity index (χ3n) is 7.00. The summed E-state index contributed by atoms with van der Waals surface area (Å²) in [5.74, 6) is 0.926. The van der Waals surface area contributed by atoms with Gasteiger partial charge in [0.1, 0.15) is 5.84 Å². The summed E-state index contributed by atoms with van der Waals surface area (Å²) >= 11 is 0. The van der Waals surface area contributed by atoms with Gasteiger partial charge in [0.2, 0.25) is 0 Å². The van der Waals surface area contributed by atoms with Crippen LogP contribution in [0.3, 0.4) is 0 Å². The number of rotatable bonds is 6. The first kappa shape index (κ1) is 25.0. The lowest BCUT2D eigenvalue weighted by molar-refractivity contribution is -0.127. The van der Waals surface area contributed by atoms with E-state index < -0.39 is 12.6 Å². The van der Waals surface area contributed by atoms with E-state index in [1.807, 2.05) is 19.1 Å². The molecule has 0 aliphatic carbocycles. The number of hydrogen-bond donors (Lipinski definition) is 0. The summed E-state index contributed by atoms with van der Waals surface area (Å²) in [5.41, 5.74) is 6.77. The van der Waals surface area contributed by atoms with Gasteiger partial charge in [0, 0.05) is 37.3 Å². The highest BCUT2D eigenvalue weighted by atomic mass is 19.4. The summed E-state index contributed by atoms with van der Waals surface area (Å²) in [5, 5.41) is 0. The second kappa shape index (κ2) is 10.4. The van der Waals surface area contributed by atoms with Crippen LogP contribution in [0.15, 0.2) is 113 Å². The van der Waals surface area contributed by atoms with Crippen molar-refractivity contribution in [1.29, 1.82) is 0 Å². The fourth-order valence-corrected chi connectivity index (χ4v) is 5.27. The van der Waals surface area contributed by atoms with Crippen molar-refractivity contribution in [3.63, 3.8) is 0 Å². The van der Waals surface area contributed by atoms with E-state index in [4.69, 9.17) is 4.99 Å². The summed E-state index contributed by atoms with van der Waals surface area (Å²) in [4.78, 5) is 9.57. The maximum Gasteiger partial charge on any atom is 0.393 e. The molecule has 3 nitrogen and oxygen atoms in total. The first-order valence-electron chi connectivity index (χ1n) is 12.5. The summed E-state index contributed by atoms with van der Waals surface area (Å²) in [7, 11) is 0. The zero-order chi connectivity index (χ0) is 26.0. The molecule has 0 fully saturated rings. The van der Waals surface area contributed by atoms with E-state index in [1.54, 1.807) is 24.3 Å². The highest BCUT2D eigenvalue weighted by Gasteiger charge is 2.33. The minimum Gasteiger partial charge on any atom is -0.319 e. The van der Waals surface area contributed by atoms with Gasteiger partial charge in [0.05, 0.1) is 18.2 Å². The van der Waals surface area contributed by atoms with Gasteiger partial charge in [-0.15, -0.1) is 0 Å². The zero-order valence-electron chi connectivity index (χ0n) is 20.9. The van der Waals surface area contributed by atoms with Crippen LogP contribution in [0.5, 0.6) is 0 Å². The third kappa shape index (κ3) is 5.70. The number of alkyl halides is 3. The lowest BCUT2D eigenvalue weighted by Crippen LogP contribution is -2.41. The average Bonchev–Trinajstić information content (AvgIpc) is 2.88. The molecule has 0 saturated heterocycles. The van der Waals surface area contributed by atoms with E-state index in [2.05, 4.69) is 64.9 Å². The van der Waals surface area contributed by atoms with Gasteiger partial charge >= 0.3 is 6.18 Å². The number of amidine groups is 1. The Balaban J connectivity index is 1.37. The van der Waals surface area contributed by atoms with E-state index in [9.17, 15) is 13.2 Å². The van der Waals surface area contributed by atoms with Crippen molar-refractivity contribution in [2.75, 3.05) is 13.1 Å². The van der Waals surface area contributed by atoms with Crippen LogP contribution in [0.4, 0.5) is 13.2 Å². The molecular formula is C31H30F3N3. The Morgan fingerprint density at radius 2 is 1.43 bits per heavy atom. The predicted octanol–water partition coefficient (Wildman–Crippen LogP) is 7.29. The van der Waals surface area contributed by atoms with Gasteiger partial charge in [-0.1, -0.05) is 91.5 Å². The molecule has 0 unspecified atom stereocenters. The molecular weight excluding hydrogens is 471 g/mol. The number of hydrogen-bond acceptors (Lipinski definition) is 3. The van der Waals surface area contributed by atoms with Crippen LogP contribution in [-0.2, 0) is 13.0 Å². The second-order valence-electron chi connectivity index (χ2n) is 9.69. The van der Waals surface area contributed by atoms with Gasteiger partial charge in [0.25, 0.3) is 0 Å². The highest BCUT2D eigenvalue weighted by Crippen LogP contribution is 2.39. The maximum absolute atomic E-state index is 12.7. The third-order valence-corrected chi connectivity index (χ3v) is 7.00. The van der Waals surface area contributed by atoms with Crippen LogP contribution in [0, 0.1) is 0 Å². The van der Waals surface area contributed by atoms with Gasteiger partial charge in [-0.25, -0.2) is 4.99 Å². The zero-order valence-corrected chi connectivity index (χ0v) is 20.9. The van der Waals surface area contributed by atoms with Crippen LogP contribution >= 0.6 is 0 Å². The molecule has 190 valence electrons. The van der Waals surface area contributed by atoms with E-state index in [1.165, 1.54) is 11.1 Å². The summed E-state index contributed by atoms with van der Waals surface area (Å²) in [6.07, 6.45) is -4.28. The molecule has 0 atom stereocenters. The van der Waals surface area contributed by atoms with E-state index in [-0.39, 0.29) is 11.6 Å². The normalized spacial score (nSPS) is 16.7. The molecule has 0 saturated carbocycles. The monoisotopic (exact) mass is 501 g/mol. The molecule has 0 radical (unpaired) electrons. The summed E-state index contributed by atoms with van der Waals surface area (Å²) in [6.45, 7) is 8.79. The first-order valence-corrected chi connectivity index (χ1v) is 12.5. The van der Waals surface area contributed by atoms with Crippen molar-refractivity contribution < 1.29 is 13.2 Å². The van der Waals surface area contributed by atoms with Crippen LogP contribution in [0.25, 0.3) is 0 Å².